The Morgan fingerprint density at radius 1 is 0.976 bits per heavy atom. The molecule has 0 atom stereocenters. The predicted molar refractivity (Wildman–Crippen MR) is 154 cm³/mol. The van der Waals surface area contributed by atoms with Gasteiger partial charge in [-0.2, -0.15) is 5.26 Å². The minimum atomic E-state index is -3.98. The zero-order valence-electron chi connectivity index (χ0n) is 22.2. The number of primary sulfonamides is 1. The van der Waals surface area contributed by atoms with E-state index < -0.39 is 10.0 Å². The Kier molecular flexibility index (Phi) is 9.08. The van der Waals surface area contributed by atoms with Crippen molar-refractivity contribution in [1.82, 2.24) is 9.97 Å². The number of nitrogens with two attached hydrogens (primary N) is 1. The van der Waals surface area contributed by atoms with Crippen molar-refractivity contribution >= 4 is 39.1 Å². The number of hydrogen-bond acceptors (Lipinski definition) is 11. The first-order chi connectivity index (χ1) is 19.7. The van der Waals surface area contributed by atoms with Crippen molar-refractivity contribution < 1.29 is 27.4 Å². The number of nitrogens with one attached hydrogen (secondary N) is 1. The van der Waals surface area contributed by atoms with Gasteiger partial charge in [-0.05, 0) is 60.7 Å². The average molecular weight is 592 g/mol. The van der Waals surface area contributed by atoms with Gasteiger partial charge in [0.15, 0.2) is 16.8 Å². The summed E-state index contributed by atoms with van der Waals surface area (Å²) in [5.74, 6) is 1.49. The number of methoxy groups -OCH3 is 3. The molecular formula is C28H25N5O6S2. The van der Waals surface area contributed by atoms with E-state index in [2.05, 4.69) is 21.4 Å². The highest BCUT2D eigenvalue weighted by molar-refractivity contribution is 7.99. The van der Waals surface area contributed by atoms with Crippen molar-refractivity contribution in [2.75, 3.05) is 32.4 Å². The second-order valence-corrected chi connectivity index (χ2v) is 10.9. The summed E-state index contributed by atoms with van der Waals surface area (Å²) in [5, 5.41) is 18.7. The van der Waals surface area contributed by atoms with Crippen molar-refractivity contribution in [3.05, 3.63) is 77.9 Å². The first-order valence-electron chi connectivity index (χ1n) is 11.9. The number of ether oxygens (including phenoxy) is 3. The van der Waals surface area contributed by atoms with Crippen molar-refractivity contribution in [1.29, 1.82) is 5.26 Å². The molecule has 0 saturated heterocycles. The number of sulfonamides is 1. The molecule has 1 aromatic heterocycles. The van der Waals surface area contributed by atoms with Gasteiger partial charge in [0.2, 0.25) is 10.0 Å². The summed E-state index contributed by atoms with van der Waals surface area (Å²) < 4.78 is 39.8. The number of hydrogen-bond donors (Lipinski definition) is 2. The topological polar surface area (TPSA) is 167 Å². The predicted octanol–water partition coefficient (Wildman–Crippen LogP) is 4.41. The molecule has 0 aliphatic carbocycles. The number of benzene rings is 3. The highest BCUT2D eigenvalue weighted by Crippen LogP contribution is 2.38. The molecule has 0 fully saturated rings. The van der Waals surface area contributed by atoms with Gasteiger partial charge >= 0.3 is 0 Å². The Morgan fingerprint density at radius 2 is 1.68 bits per heavy atom. The second kappa shape index (κ2) is 12.7. The summed E-state index contributed by atoms with van der Waals surface area (Å²) in [6.45, 7) is 0. The molecule has 4 rings (SSSR count). The van der Waals surface area contributed by atoms with E-state index in [9.17, 15) is 18.5 Å². The highest BCUT2D eigenvalue weighted by Gasteiger charge is 2.21. The summed E-state index contributed by atoms with van der Waals surface area (Å²) in [4.78, 5) is 21.9. The molecule has 4 aromatic rings. The zero-order chi connectivity index (χ0) is 29.6. The van der Waals surface area contributed by atoms with E-state index in [1.54, 1.807) is 55.6 Å². The van der Waals surface area contributed by atoms with Crippen LogP contribution in [-0.2, 0) is 10.0 Å². The first-order valence-corrected chi connectivity index (χ1v) is 14.4. The Bertz CT molecular complexity index is 1740. The largest absolute Gasteiger partial charge is 0.497 e. The van der Waals surface area contributed by atoms with Crippen LogP contribution in [0.3, 0.4) is 0 Å². The average Bonchev–Trinajstić information content (AvgIpc) is 2.99. The van der Waals surface area contributed by atoms with Crippen LogP contribution in [0.15, 0.2) is 76.8 Å². The van der Waals surface area contributed by atoms with Gasteiger partial charge in [0, 0.05) is 16.8 Å². The second-order valence-electron chi connectivity index (χ2n) is 8.39. The summed E-state index contributed by atoms with van der Waals surface area (Å²) in [6.07, 6.45) is 0. The van der Waals surface area contributed by atoms with E-state index >= 15 is 0 Å². The fourth-order valence-electron chi connectivity index (χ4n) is 3.77. The molecule has 1 heterocycles. The molecule has 0 aliphatic heterocycles. The number of nitriles is 1. The van der Waals surface area contributed by atoms with Crippen LogP contribution < -0.4 is 24.7 Å². The zero-order valence-corrected chi connectivity index (χ0v) is 23.9. The fraction of sp³-hybridized carbons (Fsp3) is 0.143. The van der Waals surface area contributed by atoms with Gasteiger partial charge < -0.3 is 19.5 Å². The minimum Gasteiger partial charge on any atom is -0.497 e. The van der Waals surface area contributed by atoms with E-state index in [1.807, 2.05) is 0 Å². The number of carbonyl (C=O) groups is 1. The van der Waals surface area contributed by atoms with Gasteiger partial charge in [-0.15, -0.1) is 0 Å². The Labute approximate surface area is 241 Å². The van der Waals surface area contributed by atoms with Crippen LogP contribution in [0.4, 0.5) is 11.5 Å². The normalized spacial score (nSPS) is 10.9. The molecular weight excluding hydrogens is 566 g/mol. The molecule has 0 amide bonds. The third-order valence-electron chi connectivity index (χ3n) is 5.83. The molecule has 0 unspecified atom stereocenters. The molecule has 3 aromatic carbocycles. The third kappa shape index (κ3) is 6.93. The van der Waals surface area contributed by atoms with Crippen molar-refractivity contribution in [2.45, 2.75) is 10.1 Å². The number of anilines is 2. The van der Waals surface area contributed by atoms with Gasteiger partial charge in [-0.1, -0.05) is 17.8 Å². The lowest BCUT2D eigenvalue weighted by atomic mass is 10.1. The maximum atomic E-state index is 12.9. The summed E-state index contributed by atoms with van der Waals surface area (Å²) in [5.41, 5.74) is 1.54. The molecule has 210 valence electrons. The van der Waals surface area contributed by atoms with E-state index in [-0.39, 0.29) is 38.7 Å². The lowest BCUT2D eigenvalue weighted by Gasteiger charge is -2.15. The van der Waals surface area contributed by atoms with E-state index in [4.69, 9.17) is 19.3 Å². The SMILES string of the molecule is COc1ccc(C(=O)CSc2nc(Nc3cccc(S(N)(=O)=O)c3)c(C#N)c(-c3cc(OC)ccc3OC)n2)cc1. The summed E-state index contributed by atoms with van der Waals surface area (Å²) >= 11 is 1.08. The highest BCUT2D eigenvalue weighted by atomic mass is 32.2. The maximum absolute atomic E-state index is 12.9. The third-order valence-corrected chi connectivity index (χ3v) is 7.59. The Balaban J connectivity index is 1.79. The first kappa shape index (κ1) is 29.3. The van der Waals surface area contributed by atoms with Gasteiger partial charge in [-0.3, -0.25) is 4.79 Å². The van der Waals surface area contributed by atoms with Crippen LogP contribution in [0.2, 0.25) is 0 Å². The molecule has 0 bridgehead atoms. The van der Waals surface area contributed by atoms with Crippen LogP contribution in [0.5, 0.6) is 17.2 Å². The fourth-order valence-corrected chi connectivity index (χ4v) is 5.07. The van der Waals surface area contributed by atoms with Crippen molar-refractivity contribution in [2.24, 2.45) is 5.14 Å². The molecule has 0 radical (unpaired) electrons. The van der Waals surface area contributed by atoms with Crippen LogP contribution >= 0.6 is 11.8 Å². The molecule has 11 nitrogen and oxygen atoms in total. The molecule has 0 aliphatic rings. The maximum Gasteiger partial charge on any atom is 0.238 e. The number of Topliss-reactive ketones (excluding diaryl/α,β-unsaturated/α-hetero) is 1. The van der Waals surface area contributed by atoms with E-state index in [0.29, 0.717) is 34.1 Å². The van der Waals surface area contributed by atoms with E-state index in [0.717, 1.165) is 11.8 Å². The van der Waals surface area contributed by atoms with Crippen molar-refractivity contribution in [3.63, 3.8) is 0 Å². The number of aromatic nitrogens is 2. The molecule has 0 saturated carbocycles. The van der Waals surface area contributed by atoms with Gasteiger partial charge in [-0.25, -0.2) is 23.5 Å². The smallest absolute Gasteiger partial charge is 0.238 e. The van der Waals surface area contributed by atoms with Crippen LogP contribution in [0.1, 0.15) is 15.9 Å². The molecule has 3 N–H and O–H groups in total. The number of ketones is 1. The van der Waals surface area contributed by atoms with Gasteiger partial charge in [0.25, 0.3) is 0 Å². The Hall–Kier alpha value is -4.64. The lowest BCUT2D eigenvalue weighted by molar-refractivity contribution is 0.102. The van der Waals surface area contributed by atoms with Crippen LogP contribution in [-0.4, -0.2) is 51.3 Å². The van der Waals surface area contributed by atoms with Crippen LogP contribution in [0, 0.1) is 11.3 Å². The number of carbonyl (C=O) groups excluding carboxylic acids is 1. The van der Waals surface area contributed by atoms with E-state index in [1.165, 1.54) is 32.4 Å². The standard InChI is InChI=1S/C28H25N5O6S2/c1-37-19-9-7-17(8-10-19)24(34)16-40-28-32-26(22-14-20(38-2)11-12-25(22)39-3)23(15-29)27(33-28)31-18-5-4-6-21(13-18)41(30,35)36/h4-14H,16H2,1-3H3,(H2,30,35,36)(H,31,32,33). The van der Waals surface area contributed by atoms with Crippen molar-refractivity contribution in [3.8, 4) is 34.6 Å². The molecule has 0 spiro atoms. The molecule has 13 heteroatoms. The number of thioether (sulfide) groups is 1. The van der Waals surface area contributed by atoms with Gasteiger partial charge in [0.1, 0.15) is 28.9 Å². The monoisotopic (exact) mass is 591 g/mol. The Morgan fingerprint density at radius 3 is 2.32 bits per heavy atom. The number of nitrogens with zero attached hydrogens (tertiary/aromatic N) is 3. The summed E-state index contributed by atoms with van der Waals surface area (Å²) in [6, 6.07) is 19.7. The summed E-state index contributed by atoms with van der Waals surface area (Å²) in [7, 11) is 0.560. The minimum absolute atomic E-state index is 0.00720. The van der Waals surface area contributed by atoms with Crippen LogP contribution in [0.25, 0.3) is 11.3 Å². The van der Waals surface area contributed by atoms with Gasteiger partial charge in [0.05, 0.1) is 37.7 Å². The molecule has 41 heavy (non-hydrogen) atoms. The quantitative estimate of drug-likeness (QED) is 0.144. The number of rotatable bonds is 11. The lowest BCUT2D eigenvalue weighted by Crippen LogP contribution is -2.12.